The largest absolute Gasteiger partial charge is 0.478 e. The van der Waals surface area contributed by atoms with Crippen molar-refractivity contribution in [1.29, 1.82) is 0 Å². The van der Waals surface area contributed by atoms with Crippen LogP contribution in [0.4, 0.5) is 13.2 Å². The van der Waals surface area contributed by atoms with Crippen LogP contribution in [-0.4, -0.2) is 16.9 Å². The van der Waals surface area contributed by atoms with Crippen molar-refractivity contribution in [2.24, 2.45) is 5.92 Å². The fourth-order valence-electron chi connectivity index (χ4n) is 1.42. The molecule has 3 nitrogen and oxygen atoms in total. The van der Waals surface area contributed by atoms with Crippen molar-refractivity contribution in [2.45, 2.75) is 20.0 Å². The van der Waals surface area contributed by atoms with Crippen LogP contribution < -0.4 is 0 Å². The average Bonchev–Trinajstić information content (AvgIpc) is 2.25. The van der Waals surface area contributed by atoms with E-state index in [0.29, 0.717) is 12.1 Å². The molecule has 0 aliphatic heterocycles. The van der Waals surface area contributed by atoms with Crippen LogP contribution in [0.1, 0.15) is 40.1 Å². The van der Waals surface area contributed by atoms with Crippen LogP contribution in [-0.2, 0) is 6.18 Å². The minimum atomic E-state index is -4.64. The first kappa shape index (κ1) is 14.2. The lowest BCUT2D eigenvalue weighted by Gasteiger charge is -2.11. The molecular weight excluding hydrogens is 249 g/mol. The zero-order chi connectivity index (χ0) is 14.1. The van der Waals surface area contributed by atoms with Crippen LogP contribution in [0.3, 0.4) is 0 Å². The summed E-state index contributed by atoms with van der Waals surface area (Å²) in [6, 6.07) is 2.11. The molecule has 0 aromatic heterocycles. The van der Waals surface area contributed by atoms with Gasteiger partial charge in [0.2, 0.25) is 0 Å². The van der Waals surface area contributed by atoms with Crippen LogP contribution in [0.2, 0.25) is 0 Å². The molecule has 0 radical (unpaired) electrons. The number of ketones is 1. The first-order chi connectivity index (χ1) is 8.14. The van der Waals surface area contributed by atoms with Crippen LogP contribution in [0.25, 0.3) is 0 Å². The second-order valence-electron chi connectivity index (χ2n) is 4.08. The molecule has 18 heavy (non-hydrogen) atoms. The maximum absolute atomic E-state index is 12.4. The number of carboxylic acids is 1. The van der Waals surface area contributed by atoms with Gasteiger partial charge in [0.25, 0.3) is 0 Å². The van der Waals surface area contributed by atoms with Gasteiger partial charge >= 0.3 is 12.1 Å². The summed E-state index contributed by atoms with van der Waals surface area (Å²) >= 11 is 0. The van der Waals surface area contributed by atoms with Crippen molar-refractivity contribution in [3.8, 4) is 0 Å². The molecule has 0 saturated carbocycles. The molecule has 1 N–H and O–H groups in total. The molecule has 0 saturated heterocycles. The van der Waals surface area contributed by atoms with E-state index in [4.69, 9.17) is 5.11 Å². The summed E-state index contributed by atoms with van der Waals surface area (Å²) < 4.78 is 37.3. The minimum Gasteiger partial charge on any atom is -0.478 e. The van der Waals surface area contributed by atoms with Crippen molar-refractivity contribution < 1.29 is 27.9 Å². The Labute approximate surface area is 101 Å². The highest BCUT2D eigenvalue weighted by Crippen LogP contribution is 2.31. The number of benzene rings is 1. The number of alkyl halides is 3. The zero-order valence-electron chi connectivity index (χ0n) is 9.71. The molecule has 0 heterocycles. The SMILES string of the molecule is CC(C)C(=O)c1ccc(C(F)(F)F)cc1C(=O)O. The molecule has 0 aliphatic carbocycles. The Bertz CT molecular complexity index is 490. The van der Waals surface area contributed by atoms with Crippen molar-refractivity contribution in [2.75, 3.05) is 0 Å². The standard InChI is InChI=1S/C12H11F3O3/c1-6(2)10(16)8-4-3-7(12(13,14)15)5-9(8)11(17)18/h3-6H,1-2H3,(H,17,18). The molecule has 1 rings (SSSR count). The van der Waals surface area contributed by atoms with E-state index in [9.17, 15) is 22.8 Å². The predicted molar refractivity (Wildman–Crippen MR) is 57.6 cm³/mol. The molecule has 1 aromatic rings. The van der Waals surface area contributed by atoms with Gasteiger partial charge in [-0.2, -0.15) is 13.2 Å². The molecule has 0 aliphatic rings. The molecule has 0 unspecified atom stereocenters. The number of rotatable bonds is 3. The number of aromatic carboxylic acids is 1. The van der Waals surface area contributed by atoms with Gasteiger partial charge in [-0.05, 0) is 18.2 Å². The summed E-state index contributed by atoms with van der Waals surface area (Å²) in [4.78, 5) is 22.6. The maximum atomic E-state index is 12.4. The highest BCUT2D eigenvalue weighted by molar-refractivity contribution is 6.06. The van der Waals surface area contributed by atoms with Crippen LogP contribution >= 0.6 is 0 Å². The Morgan fingerprint density at radius 3 is 2.11 bits per heavy atom. The predicted octanol–water partition coefficient (Wildman–Crippen LogP) is 3.24. The van der Waals surface area contributed by atoms with Crippen LogP contribution in [0.15, 0.2) is 18.2 Å². The van der Waals surface area contributed by atoms with Gasteiger partial charge in [0.1, 0.15) is 0 Å². The van der Waals surface area contributed by atoms with Crippen molar-refractivity contribution >= 4 is 11.8 Å². The van der Waals surface area contributed by atoms with Crippen LogP contribution in [0.5, 0.6) is 0 Å². The molecule has 0 bridgehead atoms. The molecule has 0 fully saturated rings. The third kappa shape index (κ3) is 2.88. The van der Waals surface area contributed by atoms with Gasteiger partial charge in [0, 0.05) is 11.5 Å². The second kappa shape index (κ2) is 4.80. The normalized spacial score (nSPS) is 11.7. The molecule has 0 amide bonds. The van der Waals surface area contributed by atoms with Gasteiger partial charge in [0.05, 0.1) is 11.1 Å². The topological polar surface area (TPSA) is 54.4 Å². The number of hydrogen-bond acceptors (Lipinski definition) is 2. The summed E-state index contributed by atoms with van der Waals surface area (Å²) in [5.74, 6) is -2.54. The van der Waals surface area contributed by atoms with Crippen molar-refractivity contribution in [1.82, 2.24) is 0 Å². The number of halogens is 3. The third-order valence-electron chi connectivity index (χ3n) is 2.37. The van der Waals surface area contributed by atoms with Crippen molar-refractivity contribution in [3.63, 3.8) is 0 Å². The van der Waals surface area contributed by atoms with Gasteiger partial charge in [0.15, 0.2) is 5.78 Å². The highest BCUT2D eigenvalue weighted by Gasteiger charge is 2.32. The Kier molecular flexibility index (Phi) is 3.79. The van der Waals surface area contributed by atoms with E-state index in [1.165, 1.54) is 0 Å². The monoisotopic (exact) mass is 260 g/mol. The highest BCUT2D eigenvalue weighted by atomic mass is 19.4. The van der Waals surface area contributed by atoms with E-state index in [0.717, 1.165) is 6.07 Å². The fraction of sp³-hybridized carbons (Fsp3) is 0.333. The van der Waals surface area contributed by atoms with Crippen molar-refractivity contribution in [3.05, 3.63) is 34.9 Å². The summed E-state index contributed by atoms with van der Waals surface area (Å²) in [5.41, 5.74) is -1.91. The number of carboxylic acid groups (broad SMARTS) is 1. The van der Waals surface area contributed by atoms with Gasteiger partial charge in [-0.25, -0.2) is 4.79 Å². The van der Waals surface area contributed by atoms with E-state index < -0.39 is 35.0 Å². The lowest BCUT2D eigenvalue weighted by molar-refractivity contribution is -0.137. The second-order valence-corrected chi connectivity index (χ2v) is 4.08. The van der Waals surface area contributed by atoms with E-state index in [2.05, 4.69) is 0 Å². The zero-order valence-corrected chi connectivity index (χ0v) is 9.71. The fourth-order valence-corrected chi connectivity index (χ4v) is 1.42. The van der Waals surface area contributed by atoms with Gasteiger partial charge in [-0.3, -0.25) is 4.79 Å². The molecule has 1 aromatic carbocycles. The van der Waals surface area contributed by atoms with E-state index >= 15 is 0 Å². The number of carbonyl (C=O) groups excluding carboxylic acids is 1. The lowest BCUT2D eigenvalue weighted by Crippen LogP contribution is -2.15. The third-order valence-corrected chi connectivity index (χ3v) is 2.37. The Hall–Kier alpha value is -1.85. The smallest absolute Gasteiger partial charge is 0.416 e. The lowest BCUT2D eigenvalue weighted by atomic mass is 9.95. The van der Waals surface area contributed by atoms with Crippen LogP contribution in [0, 0.1) is 5.92 Å². The van der Waals surface area contributed by atoms with Gasteiger partial charge in [-0.15, -0.1) is 0 Å². The Morgan fingerprint density at radius 2 is 1.72 bits per heavy atom. The maximum Gasteiger partial charge on any atom is 0.416 e. The van der Waals surface area contributed by atoms with Gasteiger partial charge in [-0.1, -0.05) is 13.8 Å². The minimum absolute atomic E-state index is 0.203. The van der Waals surface area contributed by atoms with Gasteiger partial charge < -0.3 is 5.11 Å². The summed E-state index contributed by atoms with van der Waals surface area (Å²) in [6.45, 7) is 3.09. The summed E-state index contributed by atoms with van der Waals surface area (Å²) in [5, 5.41) is 8.87. The number of Topliss-reactive ketones (excluding diaryl/α,β-unsaturated/α-hetero) is 1. The molecule has 0 atom stereocenters. The average molecular weight is 260 g/mol. The molecule has 0 spiro atoms. The van der Waals surface area contributed by atoms with E-state index in [1.54, 1.807) is 13.8 Å². The Balaban J connectivity index is 3.39. The molecular formula is C12H11F3O3. The molecule has 6 heteroatoms. The first-order valence-corrected chi connectivity index (χ1v) is 5.13. The summed E-state index contributed by atoms with van der Waals surface area (Å²) in [7, 11) is 0. The van der Waals surface area contributed by atoms with E-state index in [-0.39, 0.29) is 5.56 Å². The first-order valence-electron chi connectivity index (χ1n) is 5.13. The number of hydrogen-bond donors (Lipinski definition) is 1. The van der Waals surface area contributed by atoms with E-state index in [1.807, 2.05) is 0 Å². The summed E-state index contributed by atoms with van der Waals surface area (Å²) in [6.07, 6.45) is -4.64. The quantitative estimate of drug-likeness (QED) is 0.849. The molecule has 98 valence electrons. The Morgan fingerprint density at radius 1 is 1.17 bits per heavy atom. The number of carbonyl (C=O) groups is 2.